The smallest absolute Gasteiger partial charge is 0.261 e. The van der Waals surface area contributed by atoms with Crippen LogP contribution in [-0.4, -0.2) is 25.0 Å². The van der Waals surface area contributed by atoms with Crippen LogP contribution in [0.1, 0.15) is 28.9 Å². The minimum Gasteiger partial charge on any atom is -0.347 e. The van der Waals surface area contributed by atoms with Crippen molar-refractivity contribution in [3.63, 3.8) is 0 Å². The number of carbonyl (C=O) groups excluding carboxylic acids is 1. The van der Waals surface area contributed by atoms with Crippen LogP contribution >= 0.6 is 43.2 Å². The average molecular weight is 382 g/mol. The van der Waals surface area contributed by atoms with E-state index in [1.54, 1.807) is 0 Å². The van der Waals surface area contributed by atoms with Gasteiger partial charge in [0.2, 0.25) is 0 Å². The van der Waals surface area contributed by atoms with E-state index in [2.05, 4.69) is 42.5 Å². The Morgan fingerprint density at radius 1 is 1.47 bits per heavy atom. The molecule has 3 nitrogen and oxygen atoms in total. The fraction of sp³-hybridized carbons (Fsp3) is 0.545. The lowest BCUT2D eigenvalue weighted by atomic mass is 10.1. The third kappa shape index (κ3) is 3.77. The van der Waals surface area contributed by atoms with Gasteiger partial charge in [0.15, 0.2) is 0 Å². The Balaban J connectivity index is 1.95. The molecule has 1 aromatic heterocycles. The van der Waals surface area contributed by atoms with Crippen LogP contribution in [0, 0.1) is 0 Å². The molecule has 1 atom stereocenters. The van der Waals surface area contributed by atoms with Crippen LogP contribution in [0.5, 0.6) is 0 Å². The summed E-state index contributed by atoms with van der Waals surface area (Å²) in [4.78, 5) is 12.8. The Kier molecular flexibility index (Phi) is 5.02. The Bertz CT molecular complexity index is 381. The zero-order valence-electron chi connectivity index (χ0n) is 9.26. The van der Waals surface area contributed by atoms with Crippen molar-refractivity contribution in [3.05, 3.63) is 19.2 Å². The molecule has 17 heavy (non-hydrogen) atoms. The van der Waals surface area contributed by atoms with E-state index in [9.17, 15) is 4.79 Å². The summed E-state index contributed by atoms with van der Waals surface area (Å²) in [7, 11) is 0. The first-order valence-corrected chi connectivity index (χ1v) is 8.03. The number of halogens is 2. The predicted molar refractivity (Wildman–Crippen MR) is 77.7 cm³/mol. The Labute approximate surface area is 122 Å². The van der Waals surface area contributed by atoms with Crippen molar-refractivity contribution < 1.29 is 4.79 Å². The van der Waals surface area contributed by atoms with Crippen LogP contribution in [0.4, 0.5) is 0 Å². The summed E-state index contributed by atoms with van der Waals surface area (Å²) >= 11 is 8.25. The quantitative estimate of drug-likeness (QED) is 0.826. The minimum absolute atomic E-state index is 0.0232. The molecule has 0 saturated carbocycles. The summed E-state index contributed by atoms with van der Waals surface area (Å²) in [5.41, 5.74) is 0. The number of rotatable bonds is 2. The summed E-state index contributed by atoms with van der Waals surface area (Å²) in [6.07, 6.45) is 3.44. The fourth-order valence-electron chi connectivity index (χ4n) is 1.86. The summed E-state index contributed by atoms with van der Waals surface area (Å²) in [5.74, 6) is 0.0232. The third-order valence-corrected chi connectivity index (χ3v) is 6.01. The molecular formula is C11H14Br2N2OS. The molecule has 0 aliphatic carbocycles. The van der Waals surface area contributed by atoms with E-state index >= 15 is 0 Å². The number of amides is 1. The van der Waals surface area contributed by atoms with Gasteiger partial charge in [0.1, 0.15) is 0 Å². The summed E-state index contributed by atoms with van der Waals surface area (Å²) in [5, 5.41) is 6.42. The zero-order valence-corrected chi connectivity index (χ0v) is 13.3. The van der Waals surface area contributed by atoms with Crippen molar-refractivity contribution in [3.8, 4) is 0 Å². The maximum absolute atomic E-state index is 12.0. The number of carbonyl (C=O) groups is 1. The molecule has 0 spiro atoms. The second-order valence-corrected chi connectivity index (χ2v) is 7.33. The topological polar surface area (TPSA) is 41.1 Å². The van der Waals surface area contributed by atoms with Gasteiger partial charge in [-0.15, -0.1) is 11.3 Å². The number of hydrogen-bond acceptors (Lipinski definition) is 3. The van der Waals surface area contributed by atoms with Gasteiger partial charge in [-0.25, -0.2) is 0 Å². The highest BCUT2D eigenvalue weighted by molar-refractivity contribution is 9.13. The van der Waals surface area contributed by atoms with E-state index in [0.29, 0.717) is 0 Å². The van der Waals surface area contributed by atoms with E-state index in [-0.39, 0.29) is 11.9 Å². The van der Waals surface area contributed by atoms with Crippen LogP contribution in [0.2, 0.25) is 0 Å². The standard InChI is InChI=1S/C11H14Br2N2OS/c12-8-5-9(17-10(8)13)11(16)15-7-3-1-2-4-14-6-7/h5,7,14H,1-4,6H2,(H,15,16). The Morgan fingerprint density at radius 3 is 3.00 bits per heavy atom. The zero-order chi connectivity index (χ0) is 12.3. The van der Waals surface area contributed by atoms with Crippen molar-refractivity contribution in [2.24, 2.45) is 0 Å². The lowest BCUT2D eigenvalue weighted by molar-refractivity contribution is 0.0939. The SMILES string of the molecule is O=C(NC1CCCCNC1)c1cc(Br)c(Br)s1. The van der Waals surface area contributed by atoms with Gasteiger partial charge in [-0.2, -0.15) is 0 Å². The Morgan fingerprint density at radius 2 is 2.29 bits per heavy atom. The number of hydrogen-bond donors (Lipinski definition) is 2. The van der Waals surface area contributed by atoms with Gasteiger partial charge >= 0.3 is 0 Å². The van der Waals surface area contributed by atoms with Gasteiger partial charge in [-0.1, -0.05) is 6.42 Å². The van der Waals surface area contributed by atoms with E-state index < -0.39 is 0 Å². The van der Waals surface area contributed by atoms with Gasteiger partial charge < -0.3 is 10.6 Å². The molecule has 1 aromatic rings. The van der Waals surface area contributed by atoms with Crippen LogP contribution in [0.15, 0.2) is 14.3 Å². The molecule has 1 saturated heterocycles. The molecular weight excluding hydrogens is 368 g/mol. The minimum atomic E-state index is 0.0232. The van der Waals surface area contributed by atoms with E-state index in [0.717, 1.165) is 32.6 Å². The van der Waals surface area contributed by atoms with Gasteiger partial charge in [-0.3, -0.25) is 4.79 Å². The third-order valence-electron chi connectivity index (χ3n) is 2.75. The molecule has 0 radical (unpaired) electrons. The molecule has 1 amide bonds. The first-order chi connectivity index (χ1) is 8.16. The van der Waals surface area contributed by atoms with Crippen molar-refractivity contribution >= 4 is 49.1 Å². The highest BCUT2D eigenvalue weighted by atomic mass is 79.9. The molecule has 2 rings (SSSR count). The molecule has 6 heteroatoms. The fourth-order valence-corrected chi connectivity index (χ4v) is 3.80. The first-order valence-electron chi connectivity index (χ1n) is 5.63. The van der Waals surface area contributed by atoms with Crippen molar-refractivity contribution in [1.82, 2.24) is 10.6 Å². The lowest BCUT2D eigenvalue weighted by Crippen LogP contribution is -2.40. The molecule has 0 aromatic carbocycles. The summed E-state index contributed by atoms with van der Waals surface area (Å²) < 4.78 is 1.90. The van der Waals surface area contributed by atoms with Gasteiger partial charge in [0.25, 0.3) is 5.91 Å². The summed E-state index contributed by atoms with van der Waals surface area (Å²) in [6, 6.07) is 2.11. The molecule has 2 N–H and O–H groups in total. The van der Waals surface area contributed by atoms with Crippen molar-refractivity contribution in [2.45, 2.75) is 25.3 Å². The summed E-state index contributed by atoms with van der Waals surface area (Å²) in [6.45, 7) is 1.93. The normalized spacial score (nSPS) is 20.9. The molecule has 0 bridgehead atoms. The van der Waals surface area contributed by atoms with E-state index in [4.69, 9.17) is 0 Å². The first kappa shape index (κ1) is 13.5. The van der Waals surface area contributed by atoms with Gasteiger partial charge in [0, 0.05) is 17.1 Å². The van der Waals surface area contributed by atoms with Crippen LogP contribution in [-0.2, 0) is 0 Å². The predicted octanol–water partition coefficient (Wildman–Crippen LogP) is 3.15. The van der Waals surface area contributed by atoms with Crippen molar-refractivity contribution in [1.29, 1.82) is 0 Å². The lowest BCUT2D eigenvalue weighted by Gasteiger charge is -2.15. The maximum atomic E-state index is 12.0. The average Bonchev–Trinajstić information content (AvgIpc) is 2.54. The number of thiophene rings is 1. The second kappa shape index (κ2) is 6.31. The monoisotopic (exact) mass is 380 g/mol. The van der Waals surface area contributed by atoms with Gasteiger partial charge in [-0.05, 0) is 57.3 Å². The Hall–Kier alpha value is 0.0900. The van der Waals surface area contributed by atoms with E-state index in [1.165, 1.54) is 24.2 Å². The van der Waals surface area contributed by atoms with E-state index in [1.807, 2.05) is 6.07 Å². The molecule has 1 fully saturated rings. The largest absolute Gasteiger partial charge is 0.347 e. The molecule has 2 heterocycles. The van der Waals surface area contributed by atoms with Crippen LogP contribution < -0.4 is 10.6 Å². The highest BCUT2D eigenvalue weighted by Gasteiger charge is 2.17. The van der Waals surface area contributed by atoms with Crippen LogP contribution in [0.3, 0.4) is 0 Å². The molecule has 1 aliphatic rings. The van der Waals surface area contributed by atoms with Crippen molar-refractivity contribution in [2.75, 3.05) is 13.1 Å². The highest BCUT2D eigenvalue weighted by Crippen LogP contribution is 2.32. The number of nitrogens with one attached hydrogen (secondary N) is 2. The molecule has 1 aliphatic heterocycles. The molecule has 94 valence electrons. The molecule has 1 unspecified atom stereocenters. The van der Waals surface area contributed by atoms with Crippen LogP contribution in [0.25, 0.3) is 0 Å². The maximum Gasteiger partial charge on any atom is 0.261 e. The second-order valence-electron chi connectivity index (χ2n) is 4.10. The van der Waals surface area contributed by atoms with Gasteiger partial charge in [0.05, 0.1) is 8.66 Å².